The number of anilines is 2. The van der Waals surface area contributed by atoms with Crippen LogP contribution in [0.15, 0.2) is 42.7 Å². The number of benzene rings is 2. The smallest absolute Gasteiger partial charge is 0.321 e. The van der Waals surface area contributed by atoms with Gasteiger partial charge in [0.25, 0.3) is 5.91 Å². The number of aromatic nitrogens is 4. The zero-order valence-electron chi connectivity index (χ0n) is 23.4. The second-order valence-electron chi connectivity index (χ2n) is 10.3. The van der Waals surface area contributed by atoms with Crippen LogP contribution >= 0.6 is 0 Å². The molecule has 5 rings (SSSR count). The van der Waals surface area contributed by atoms with Gasteiger partial charge in [-0.3, -0.25) is 9.59 Å². The quantitative estimate of drug-likeness (QED) is 0.354. The van der Waals surface area contributed by atoms with E-state index in [-0.39, 0.29) is 62.4 Å². The molecule has 3 heterocycles. The Morgan fingerprint density at radius 3 is 2.60 bits per heavy atom. The van der Waals surface area contributed by atoms with Crippen LogP contribution in [0.4, 0.5) is 16.2 Å². The average molecular weight is 581 g/mol. The summed E-state index contributed by atoms with van der Waals surface area (Å²) in [6.07, 6.45) is 0.817. The number of fused-ring (bicyclic) bond motifs is 2. The van der Waals surface area contributed by atoms with Gasteiger partial charge in [0.15, 0.2) is 11.5 Å². The van der Waals surface area contributed by atoms with Gasteiger partial charge in [-0.25, -0.2) is 9.48 Å². The molecule has 0 aliphatic carbocycles. The fourth-order valence-corrected chi connectivity index (χ4v) is 4.66. The number of hydrogen-bond acceptors (Lipinski definition) is 10. The van der Waals surface area contributed by atoms with Crippen LogP contribution in [0, 0.1) is 5.92 Å². The van der Waals surface area contributed by atoms with E-state index in [0.29, 0.717) is 28.6 Å². The fourth-order valence-electron chi connectivity index (χ4n) is 4.66. The number of carbonyl (C=O) groups is 3. The minimum atomic E-state index is -0.502. The SMILES string of the molecule is C[C@@H]1CN([C@@H](C)CO)C(=O)c2cc(NC(=O)Cn3cnnn3)ccc2O[C@H]1CN(C)C(=O)Nc1ccc2c(c1)OCO2. The molecule has 42 heavy (non-hydrogen) atoms. The molecule has 222 valence electrons. The van der Waals surface area contributed by atoms with Gasteiger partial charge < -0.3 is 39.8 Å². The van der Waals surface area contributed by atoms with Crippen molar-refractivity contribution in [1.82, 2.24) is 30.0 Å². The van der Waals surface area contributed by atoms with E-state index in [1.807, 2.05) is 6.92 Å². The predicted molar refractivity (Wildman–Crippen MR) is 148 cm³/mol. The van der Waals surface area contributed by atoms with E-state index in [4.69, 9.17) is 14.2 Å². The number of ether oxygens (including phenoxy) is 3. The number of likely N-dealkylation sites (N-methyl/N-ethyl adjacent to an activating group) is 1. The van der Waals surface area contributed by atoms with Crippen molar-refractivity contribution >= 4 is 29.2 Å². The molecule has 0 unspecified atom stereocenters. The monoisotopic (exact) mass is 580 g/mol. The molecule has 4 amide bonds. The van der Waals surface area contributed by atoms with E-state index in [1.165, 1.54) is 22.0 Å². The standard InChI is InChI=1S/C27H32N8O7/c1-16-10-35(17(2)13-36)26(38)20-8-18(29-25(37)12-34-14-28-31-32-34)4-6-21(20)42-24(16)11-33(3)27(39)30-19-5-7-22-23(9-19)41-15-40-22/h4-9,14,16-17,24,36H,10-13,15H2,1-3H3,(H,29,37)(H,30,39)/t16-,17+,24+/m1/s1. The second kappa shape index (κ2) is 12.3. The summed E-state index contributed by atoms with van der Waals surface area (Å²) in [5.74, 6) is 0.536. The summed E-state index contributed by atoms with van der Waals surface area (Å²) in [5, 5.41) is 26.2. The summed E-state index contributed by atoms with van der Waals surface area (Å²) in [5.41, 5.74) is 1.15. The molecule has 2 aromatic carbocycles. The molecule has 3 aromatic rings. The highest BCUT2D eigenvalue weighted by molar-refractivity contribution is 6.00. The summed E-state index contributed by atoms with van der Waals surface area (Å²) >= 11 is 0. The largest absolute Gasteiger partial charge is 0.487 e. The van der Waals surface area contributed by atoms with Crippen molar-refractivity contribution in [2.45, 2.75) is 32.5 Å². The van der Waals surface area contributed by atoms with E-state index in [0.717, 1.165) is 0 Å². The molecule has 1 aromatic heterocycles. The molecule has 0 fully saturated rings. The van der Waals surface area contributed by atoms with Gasteiger partial charge in [-0.2, -0.15) is 0 Å². The number of tetrazole rings is 1. The van der Waals surface area contributed by atoms with Gasteiger partial charge in [0.2, 0.25) is 12.7 Å². The van der Waals surface area contributed by atoms with Crippen LogP contribution in [0.1, 0.15) is 24.2 Å². The second-order valence-corrected chi connectivity index (χ2v) is 10.3. The maximum Gasteiger partial charge on any atom is 0.321 e. The Labute approximate surface area is 241 Å². The van der Waals surface area contributed by atoms with E-state index in [2.05, 4.69) is 26.2 Å². The molecule has 0 spiro atoms. The van der Waals surface area contributed by atoms with Gasteiger partial charge in [0, 0.05) is 37.0 Å². The first-order chi connectivity index (χ1) is 20.2. The number of nitrogens with zero attached hydrogens (tertiary/aromatic N) is 6. The molecule has 0 bridgehead atoms. The number of rotatable bonds is 8. The summed E-state index contributed by atoms with van der Waals surface area (Å²) < 4.78 is 18.3. The van der Waals surface area contributed by atoms with Crippen molar-refractivity contribution < 1.29 is 33.7 Å². The van der Waals surface area contributed by atoms with Crippen molar-refractivity contribution in [2.24, 2.45) is 5.92 Å². The van der Waals surface area contributed by atoms with Crippen LogP contribution in [0.2, 0.25) is 0 Å². The maximum absolute atomic E-state index is 13.6. The summed E-state index contributed by atoms with van der Waals surface area (Å²) in [6, 6.07) is 9.09. The van der Waals surface area contributed by atoms with Crippen molar-refractivity contribution in [3.63, 3.8) is 0 Å². The van der Waals surface area contributed by atoms with Gasteiger partial charge >= 0.3 is 6.03 Å². The number of aliphatic hydroxyl groups excluding tert-OH is 1. The van der Waals surface area contributed by atoms with E-state index < -0.39 is 12.1 Å². The Bertz CT molecular complexity index is 1450. The van der Waals surface area contributed by atoms with E-state index in [9.17, 15) is 19.5 Å². The lowest BCUT2D eigenvalue weighted by atomic mass is 9.99. The number of urea groups is 1. The van der Waals surface area contributed by atoms with Crippen LogP contribution in [-0.2, 0) is 11.3 Å². The molecular weight excluding hydrogens is 548 g/mol. The van der Waals surface area contributed by atoms with Crippen LogP contribution in [-0.4, -0.2) is 98.6 Å². The number of carbonyl (C=O) groups excluding carboxylic acids is 3. The Balaban J connectivity index is 1.33. The molecule has 15 nitrogen and oxygen atoms in total. The first kappa shape index (κ1) is 28.6. The van der Waals surface area contributed by atoms with E-state index in [1.54, 1.807) is 49.2 Å². The molecule has 0 radical (unpaired) electrons. The molecule has 2 aliphatic heterocycles. The zero-order chi connectivity index (χ0) is 29.8. The Morgan fingerprint density at radius 2 is 1.86 bits per heavy atom. The summed E-state index contributed by atoms with van der Waals surface area (Å²) in [4.78, 5) is 42.3. The maximum atomic E-state index is 13.6. The lowest BCUT2D eigenvalue weighted by Crippen LogP contribution is -2.50. The molecule has 0 saturated carbocycles. The minimum absolute atomic E-state index is 0.109. The van der Waals surface area contributed by atoms with Gasteiger partial charge in [0.1, 0.15) is 24.7 Å². The topological polar surface area (TPSA) is 173 Å². The fraction of sp³-hybridized carbons (Fsp3) is 0.407. The Hall–Kier alpha value is -4.92. The van der Waals surface area contributed by atoms with Gasteiger partial charge in [-0.05, 0) is 47.7 Å². The molecule has 2 aliphatic rings. The number of hydrogen-bond donors (Lipinski definition) is 3. The van der Waals surface area contributed by atoms with Gasteiger partial charge in [0.05, 0.1) is 24.8 Å². The molecule has 3 atom stereocenters. The van der Waals surface area contributed by atoms with Gasteiger partial charge in [-0.15, -0.1) is 5.10 Å². The minimum Gasteiger partial charge on any atom is -0.487 e. The van der Waals surface area contributed by atoms with Crippen molar-refractivity contribution in [1.29, 1.82) is 0 Å². The third-order valence-electron chi connectivity index (χ3n) is 7.07. The zero-order valence-corrected chi connectivity index (χ0v) is 23.4. The first-order valence-electron chi connectivity index (χ1n) is 13.4. The summed E-state index contributed by atoms with van der Waals surface area (Å²) in [6.45, 7) is 3.95. The third kappa shape index (κ3) is 6.35. The number of aliphatic hydroxyl groups is 1. The lowest BCUT2D eigenvalue weighted by molar-refractivity contribution is -0.116. The van der Waals surface area contributed by atoms with Crippen LogP contribution in [0.3, 0.4) is 0 Å². The number of amides is 4. The Kier molecular flexibility index (Phi) is 8.38. The van der Waals surface area contributed by atoms with Crippen molar-refractivity contribution in [2.75, 3.05) is 44.2 Å². The highest BCUT2D eigenvalue weighted by atomic mass is 16.7. The Morgan fingerprint density at radius 1 is 1.12 bits per heavy atom. The molecule has 3 N–H and O–H groups in total. The molecule has 15 heteroatoms. The average Bonchev–Trinajstić information content (AvgIpc) is 3.66. The highest BCUT2D eigenvalue weighted by Crippen LogP contribution is 2.34. The summed E-state index contributed by atoms with van der Waals surface area (Å²) in [7, 11) is 1.65. The van der Waals surface area contributed by atoms with Crippen LogP contribution in [0.25, 0.3) is 0 Å². The first-order valence-corrected chi connectivity index (χ1v) is 13.4. The normalized spacial score (nSPS) is 18.3. The third-order valence-corrected chi connectivity index (χ3v) is 7.07. The van der Waals surface area contributed by atoms with Crippen LogP contribution in [0.5, 0.6) is 17.2 Å². The van der Waals surface area contributed by atoms with Crippen LogP contribution < -0.4 is 24.8 Å². The van der Waals surface area contributed by atoms with Crippen molar-refractivity contribution in [3.8, 4) is 17.2 Å². The van der Waals surface area contributed by atoms with Gasteiger partial charge in [-0.1, -0.05) is 6.92 Å². The molecule has 0 saturated heterocycles. The lowest BCUT2D eigenvalue weighted by Gasteiger charge is -2.38. The number of nitrogens with one attached hydrogen (secondary N) is 2. The highest BCUT2D eigenvalue weighted by Gasteiger charge is 2.34. The predicted octanol–water partition coefficient (Wildman–Crippen LogP) is 1.42. The van der Waals surface area contributed by atoms with Crippen molar-refractivity contribution in [3.05, 3.63) is 48.3 Å². The van der Waals surface area contributed by atoms with E-state index >= 15 is 0 Å². The molecular formula is C27H32N8O7.